The first-order chi connectivity index (χ1) is 7.86. The number of fused-ring (bicyclic) bond motifs is 1. The van der Waals surface area contributed by atoms with Gasteiger partial charge in [0.15, 0.2) is 0 Å². The molecule has 0 bridgehead atoms. The summed E-state index contributed by atoms with van der Waals surface area (Å²) in [6.45, 7) is 0.445. The first-order valence-corrected chi connectivity index (χ1v) is 6.01. The molecule has 0 aliphatic rings. The summed E-state index contributed by atoms with van der Waals surface area (Å²) in [7, 11) is 0. The minimum absolute atomic E-state index is 0.445. The van der Waals surface area contributed by atoms with Crippen LogP contribution < -0.4 is 5.73 Å². The normalized spacial score (nSPS) is 11.1. The average Bonchev–Trinajstić information content (AvgIpc) is 2.96. The summed E-state index contributed by atoms with van der Waals surface area (Å²) in [6, 6.07) is 12.4. The molecule has 0 amide bonds. The van der Waals surface area contributed by atoms with E-state index in [9.17, 15) is 0 Å². The number of nitrogens with two attached hydrogens (primary N) is 1. The largest absolute Gasteiger partial charge is 0.460 e. The molecule has 2 heterocycles. The van der Waals surface area contributed by atoms with E-state index in [-0.39, 0.29) is 0 Å². The highest BCUT2D eigenvalue weighted by Crippen LogP contribution is 2.28. The van der Waals surface area contributed by atoms with E-state index in [1.807, 2.05) is 12.1 Å². The van der Waals surface area contributed by atoms with Gasteiger partial charge in [-0.3, -0.25) is 0 Å². The van der Waals surface area contributed by atoms with Crippen molar-refractivity contribution in [3.8, 4) is 11.3 Å². The van der Waals surface area contributed by atoms with Crippen molar-refractivity contribution in [2.75, 3.05) is 0 Å². The average molecular weight is 229 g/mol. The zero-order valence-corrected chi connectivity index (χ0v) is 9.46. The molecule has 0 aliphatic heterocycles. The maximum atomic E-state index is 5.62. The molecular formula is C13H11NOS. The maximum absolute atomic E-state index is 5.62. The second-order valence-electron chi connectivity index (χ2n) is 3.64. The molecule has 2 nitrogen and oxygen atoms in total. The van der Waals surface area contributed by atoms with Crippen LogP contribution in [0.25, 0.3) is 21.4 Å². The predicted octanol–water partition coefficient (Wildman–Crippen LogP) is 3.62. The molecule has 0 atom stereocenters. The van der Waals surface area contributed by atoms with Crippen molar-refractivity contribution >= 4 is 21.4 Å². The van der Waals surface area contributed by atoms with E-state index in [1.165, 1.54) is 10.1 Å². The Balaban J connectivity index is 2.10. The molecule has 16 heavy (non-hydrogen) atoms. The van der Waals surface area contributed by atoms with E-state index >= 15 is 0 Å². The minimum atomic E-state index is 0.445. The summed E-state index contributed by atoms with van der Waals surface area (Å²) >= 11 is 1.75. The molecular weight excluding hydrogens is 218 g/mol. The fraction of sp³-hybridized carbons (Fsp3) is 0.0769. The van der Waals surface area contributed by atoms with Gasteiger partial charge in [0.25, 0.3) is 0 Å². The van der Waals surface area contributed by atoms with Crippen molar-refractivity contribution in [1.29, 1.82) is 0 Å². The van der Waals surface area contributed by atoms with Gasteiger partial charge in [0.05, 0.1) is 6.54 Å². The van der Waals surface area contributed by atoms with Gasteiger partial charge in [0.1, 0.15) is 11.5 Å². The number of hydrogen-bond donors (Lipinski definition) is 1. The Morgan fingerprint density at radius 2 is 2.06 bits per heavy atom. The molecule has 0 unspecified atom stereocenters. The van der Waals surface area contributed by atoms with Crippen LogP contribution >= 0.6 is 11.3 Å². The molecule has 2 N–H and O–H groups in total. The van der Waals surface area contributed by atoms with Crippen LogP contribution in [-0.2, 0) is 6.54 Å². The number of rotatable bonds is 2. The van der Waals surface area contributed by atoms with Crippen molar-refractivity contribution in [3.63, 3.8) is 0 Å². The Morgan fingerprint density at radius 3 is 2.88 bits per heavy atom. The van der Waals surface area contributed by atoms with Gasteiger partial charge in [-0.1, -0.05) is 0 Å². The van der Waals surface area contributed by atoms with Crippen molar-refractivity contribution in [1.82, 2.24) is 0 Å². The molecule has 2 aromatic heterocycles. The topological polar surface area (TPSA) is 39.2 Å². The third kappa shape index (κ3) is 1.54. The van der Waals surface area contributed by atoms with Crippen LogP contribution in [0, 0.1) is 0 Å². The van der Waals surface area contributed by atoms with Gasteiger partial charge in [0.2, 0.25) is 0 Å². The number of thiophene rings is 1. The van der Waals surface area contributed by atoms with Gasteiger partial charge in [-0.05, 0) is 47.2 Å². The number of hydrogen-bond acceptors (Lipinski definition) is 3. The van der Waals surface area contributed by atoms with Crippen LogP contribution in [0.2, 0.25) is 0 Å². The summed E-state index contributed by atoms with van der Waals surface area (Å²) in [5.74, 6) is 1.70. The lowest BCUT2D eigenvalue weighted by Gasteiger charge is -1.97. The maximum Gasteiger partial charge on any atom is 0.134 e. The van der Waals surface area contributed by atoms with E-state index < -0.39 is 0 Å². The zero-order valence-electron chi connectivity index (χ0n) is 8.64. The Morgan fingerprint density at radius 1 is 1.12 bits per heavy atom. The second-order valence-corrected chi connectivity index (χ2v) is 4.59. The predicted molar refractivity (Wildman–Crippen MR) is 67.4 cm³/mol. The molecule has 0 spiro atoms. The Hall–Kier alpha value is -1.58. The highest BCUT2D eigenvalue weighted by Gasteiger charge is 2.04. The van der Waals surface area contributed by atoms with Gasteiger partial charge in [-0.15, -0.1) is 11.3 Å². The van der Waals surface area contributed by atoms with Gasteiger partial charge in [0, 0.05) is 10.3 Å². The Labute approximate surface area is 97.3 Å². The molecule has 0 saturated carbocycles. The minimum Gasteiger partial charge on any atom is -0.460 e. The van der Waals surface area contributed by atoms with E-state index in [2.05, 4.69) is 29.6 Å². The quantitative estimate of drug-likeness (QED) is 0.729. The summed E-state index contributed by atoms with van der Waals surface area (Å²) in [5, 5.41) is 3.36. The van der Waals surface area contributed by atoms with Gasteiger partial charge in [-0.2, -0.15) is 0 Å². The van der Waals surface area contributed by atoms with Crippen molar-refractivity contribution in [2.24, 2.45) is 5.73 Å². The molecule has 0 saturated heterocycles. The summed E-state index contributed by atoms with van der Waals surface area (Å²) in [4.78, 5) is 0. The lowest BCUT2D eigenvalue weighted by atomic mass is 10.1. The van der Waals surface area contributed by atoms with Crippen LogP contribution in [0.3, 0.4) is 0 Å². The second kappa shape index (κ2) is 3.77. The molecule has 3 rings (SSSR count). The monoisotopic (exact) mass is 229 g/mol. The van der Waals surface area contributed by atoms with Crippen LogP contribution in [0.4, 0.5) is 0 Å². The third-order valence-corrected chi connectivity index (χ3v) is 3.50. The van der Waals surface area contributed by atoms with Gasteiger partial charge < -0.3 is 10.2 Å². The van der Waals surface area contributed by atoms with Crippen molar-refractivity contribution in [2.45, 2.75) is 6.54 Å². The first-order valence-electron chi connectivity index (χ1n) is 5.13. The van der Waals surface area contributed by atoms with Gasteiger partial charge in [-0.25, -0.2) is 0 Å². The third-order valence-electron chi connectivity index (χ3n) is 2.60. The highest BCUT2D eigenvalue weighted by atomic mass is 32.1. The highest BCUT2D eigenvalue weighted by molar-refractivity contribution is 7.17. The van der Waals surface area contributed by atoms with E-state index in [1.54, 1.807) is 11.3 Å². The molecule has 80 valence electrons. The molecule has 1 aromatic carbocycles. The summed E-state index contributed by atoms with van der Waals surface area (Å²) < 4.78 is 6.92. The lowest BCUT2D eigenvalue weighted by Crippen LogP contribution is -1.92. The van der Waals surface area contributed by atoms with Gasteiger partial charge >= 0.3 is 0 Å². The SMILES string of the molecule is NCc1ccc(-c2ccc3sccc3c2)o1. The van der Waals surface area contributed by atoms with Crippen LogP contribution in [0.15, 0.2) is 46.2 Å². The summed E-state index contributed by atoms with van der Waals surface area (Å²) in [5.41, 5.74) is 6.63. The molecule has 3 heteroatoms. The molecule has 3 aromatic rings. The number of benzene rings is 1. The summed E-state index contributed by atoms with van der Waals surface area (Å²) in [6.07, 6.45) is 0. The van der Waals surface area contributed by atoms with Crippen LogP contribution in [0.5, 0.6) is 0 Å². The molecule has 0 fully saturated rings. The van der Waals surface area contributed by atoms with E-state index in [0.29, 0.717) is 6.54 Å². The van der Waals surface area contributed by atoms with E-state index in [4.69, 9.17) is 10.2 Å². The standard InChI is InChI=1S/C13H11NOS/c14-8-11-2-3-12(15-11)9-1-4-13-10(7-9)5-6-16-13/h1-7H,8,14H2. The smallest absolute Gasteiger partial charge is 0.134 e. The molecule has 0 aliphatic carbocycles. The lowest BCUT2D eigenvalue weighted by molar-refractivity contribution is 0.525. The first kappa shape index (κ1) is 9.63. The fourth-order valence-electron chi connectivity index (χ4n) is 1.76. The number of furan rings is 1. The Bertz CT molecular complexity index is 623. The van der Waals surface area contributed by atoms with Crippen molar-refractivity contribution in [3.05, 3.63) is 47.5 Å². The fourth-order valence-corrected chi connectivity index (χ4v) is 2.53. The Kier molecular flexibility index (Phi) is 2.27. The molecule has 0 radical (unpaired) electrons. The zero-order chi connectivity index (χ0) is 11.0. The van der Waals surface area contributed by atoms with Crippen molar-refractivity contribution < 1.29 is 4.42 Å². The van der Waals surface area contributed by atoms with Crippen LogP contribution in [0.1, 0.15) is 5.76 Å². The van der Waals surface area contributed by atoms with E-state index in [0.717, 1.165) is 17.1 Å². The van der Waals surface area contributed by atoms with Crippen LogP contribution in [-0.4, -0.2) is 0 Å².